The molecule has 0 spiro atoms. The van der Waals surface area contributed by atoms with E-state index >= 15 is 0 Å². The van der Waals surface area contributed by atoms with Gasteiger partial charge in [-0.1, -0.05) is 17.2 Å². The average Bonchev–Trinajstić information content (AvgIpc) is 2.85. The zero-order valence-electron chi connectivity index (χ0n) is 9.40. The second-order valence-corrected chi connectivity index (χ2v) is 4.99. The lowest BCUT2D eigenvalue weighted by molar-refractivity contribution is -0.136. The van der Waals surface area contributed by atoms with Crippen molar-refractivity contribution >= 4 is 5.97 Å². The zero-order valence-corrected chi connectivity index (χ0v) is 9.40. The summed E-state index contributed by atoms with van der Waals surface area (Å²) in [6.45, 7) is 0. The van der Waals surface area contributed by atoms with Crippen LogP contribution in [0.5, 0.6) is 0 Å². The van der Waals surface area contributed by atoms with Gasteiger partial charge in [0.05, 0.1) is 13.2 Å². The van der Waals surface area contributed by atoms with Crippen LogP contribution >= 0.6 is 0 Å². The highest BCUT2D eigenvalue weighted by Gasteiger charge is 2.45. The second-order valence-electron chi connectivity index (χ2n) is 4.99. The molecule has 3 aliphatic carbocycles. The summed E-state index contributed by atoms with van der Waals surface area (Å²) in [5.74, 6) is 0.689. The van der Waals surface area contributed by atoms with Gasteiger partial charge in [0.2, 0.25) is 0 Å². The smallest absolute Gasteiger partial charge is 0.333 e. The standard InChI is InChI=1S/C13H16O3/c1-16-13(15)7-2-3-9-10(4-7)8-5-11(9)12(14)6-8/h2,8,11-12,14H,3-6H2,1H3/t8-,11-,12+/m1/s1. The molecule has 0 amide bonds. The number of rotatable bonds is 1. The van der Waals surface area contributed by atoms with E-state index in [4.69, 9.17) is 4.74 Å². The van der Waals surface area contributed by atoms with Gasteiger partial charge in [0.1, 0.15) is 0 Å². The van der Waals surface area contributed by atoms with Crippen LogP contribution in [0.3, 0.4) is 0 Å². The van der Waals surface area contributed by atoms with E-state index < -0.39 is 0 Å². The van der Waals surface area contributed by atoms with E-state index in [1.807, 2.05) is 6.08 Å². The Balaban J connectivity index is 1.83. The summed E-state index contributed by atoms with van der Waals surface area (Å²) in [4.78, 5) is 11.5. The van der Waals surface area contributed by atoms with E-state index in [2.05, 4.69) is 0 Å². The maximum Gasteiger partial charge on any atom is 0.333 e. The Morgan fingerprint density at radius 3 is 3.00 bits per heavy atom. The Hall–Kier alpha value is -1.09. The molecule has 86 valence electrons. The van der Waals surface area contributed by atoms with Crippen molar-refractivity contribution in [1.82, 2.24) is 0 Å². The van der Waals surface area contributed by atoms with Crippen molar-refractivity contribution in [2.24, 2.45) is 11.8 Å². The molecule has 0 unspecified atom stereocenters. The quantitative estimate of drug-likeness (QED) is 0.539. The second kappa shape index (κ2) is 3.45. The first-order valence-electron chi connectivity index (χ1n) is 5.88. The monoisotopic (exact) mass is 220 g/mol. The van der Waals surface area contributed by atoms with Crippen LogP contribution in [0.4, 0.5) is 0 Å². The fourth-order valence-electron chi connectivity index (χ4n) is 3.51. The van der Waals surface area contributed by atoms with Gasteiger partial charge in [-0.3, -0.25) is 0 Å². The normalized spacial score (nSPS) is 36.1. The first kappa shape index (κ1) is 10.1. The maximum atomic E-state index is 11.5. The van der Waals surface area contributed by atoms with Gasteiger partial charge >= 0.3 is 5.97 Å². The summed E-state index contributed by atoms with van der Waals surface area (Å²) in [6.07, 6.45) is 5.38. The van der Waals surface area contributed by atoms with Gasteiger partial charge in [0.25, 0.3) is 0 Å². The molecule has 3 heteroatoms. The van der Waals surface area contributed by atoms with E-state index in [-0.39, 0.29) is 12.1 Å². The van der Waals surface area contributed by atoms with E-state index in [0.717, 1.165) is 31.3 Å². The molecule has 0 heterocycles. The summed E-state index contributed by atoms with van der Waals surface area (Å²) in [6, 6.07) is 0. The Labute approximate surface area is 94.8 Å². The molecule has 0 saturated heterocycles. The van der Waals surface area contributed by atoms with Gasteiger partial charge in [0, 0.05) is 17.9 Å². The molecule has 0 aromatic rings. The number of carbonyl (C=O) groups excluding carboxylic acids is 1. The summed E-state index contributed by atoms with van der Waals surface area (Å²) in [5.41, 5.74) is 3.61. The Bertz CT molecular complexity index is 405. The molecule has 0 aromatic heterocycles. The van der Waals surface area contributed by atoms with E-state index in [0.29, 0.717) is 11.8 Å². The van der Waals surface area contributed by atoms with Crippen LogP contribution in [0.1, 0.15) is 25.7 Å². The van der Waals surface area contributed by atoms with Gasteiger partial charge in [-0.05, 0) is 25.2 Å². The minimum atomic E-state index is -0.199. The van der Waals surface area contributed by atoms with Crippen LogP contribution in [0, 0.1) is 11.8 Å². The summed E-state index contributed by atoms with van der Waals surface area (Å²) in [7, 11) is 1.43. The number of fused-ring (bicyclic) bond motifs is 4. The molecule has 1 saturated carbocycles. The molecular weight excluding hydrogens is 204 g/mol. The molecular formula is C13H16O3. The number of hydrogen-bond donors (Lipinski definition) is 1. The Kier molecular flexibility index (Phi) is 2.18. The molecule has 0 radical (unpaired) electrons. The van der Waals surface area contributed by atoms with Gasteiger partial charge in [0.15, 0.2) is 0 Å². The highest BCUT2D eigenvalue weighted by Crippen LogP contribution is 2.53. The van der Waals surface area contributed by atoms with Crippen molar-refractivity contribution in [2.45, 2.75) is 31.8 Å². The highest BCUT2D eigenvalue weighted by molar-refractivity contribution is 5.89. The van der Waals surface area contributed by atoms with Crippen molar-refractivity contribution < 1.29 is 14.6 Å². The zero-order chi connectivity index (χ0) is 11.3. The molecule has 16 heavy (non-hydrogen) atoms. The minimum absolute atomic E-state index is 0.142. The number of ether oxygens (including phenoxy) is 1. The van der Waals surface area contributed by atoms with Crippen molar-refractivity contribution in [1.29, 1.82) is 0 Å². The number of methoxy groups -OCH3 is 1. The summed E-state index contributed by atoms with van der Waals surface area (Å²) < 4.78 is 4.76. The van der Waals surface area contributed by atoms with Crippen molar-refractivity contribution in [3.05, 3.63) is 22.8 Å². The summed E-state index contributed by atoms with van der Waals surface area (Å²) in [5, 5.41) is 9.83. The molecule has 1 fully saturated rings. The van der Waals surface area contributed by atoms with Gasteiger partial charge < -0.3 is 9.84 Å². The lowest BCUT2D eigenvalue weighted by Crippen LogP contribution is -2.22. The Morgan fingerprint density at radius 2 is 2.25 bits per heavy atom. The summed E-state index contributed by atoms with van der Waals surface area (Å²) >= 11 is 0. The predicted octanol–water partition coefficient (Wildman–Crippen LogP) is 1.58. The highest BCUT2D eigenvalue weighted by atomic mass is 16.5. The molecule has 0 aliphatic heterocycles. The number of esters is 1. The van der Waals surface area contributed by atoms with Gasteiger partial charge in [-0.25, -0.2) is 4.79 Å². The van der Waals surface area contributed by atoms with Crippen LogP contribution in [0.2, 0.25) is 0 Å². The van der Waals surface area contributed by atoms with E-state index in [1.165, 1.54) is 18.3 Å². The molecule has 3 rings (SSSR count). The van der Waals surface area contributed by atoms with Crippen LogP contribution in [-0.4, -0.2) is 24.3 Å². The van der Waals surface area contributed by atoms with Crippen LogP contribution in [0.25, 0.3) is 0 Å². The van der Waals surface area contributed by atoms with Crippen molar-refractivity contribution in [2.75, 3.05) is 7.11 Å². The molecule has 3 nitrogen and oxygen atoms in total. The van der Waals surface area contributed by atoms with E-state index in [1.54, 1.807) is 0 Å². The first-order chi connectivity index (χ1) is 7.70. The van der Waals surface area contributed by atoms with Crippen molar-refractivity contribution in [3.63, 3.8) is 0 Å². The lowest BCUT2D eigenvalue weighted by Gasteiger charge is -2.26. The topological polar surface area (TPSA) is 46.5 Å². The maximum absolute atomic E-state index is 11.5. The van der Waals surface area contributed by atoms with Crippen LogP contribution in [-0.2, 0) is 9.53 Å². The Morgan fingerprint density at radius 1 is 1.44 bits per heavy atom. The van der Waals surface area contributed by atoms with Gasteiger partial charge in [-0.15, -0.1) is 0 Å². The molecule has 2 bridgehead atoms. The lowest BCUT2D eigenvalue weighted by atomic mass is 9.81. The van der Waals surface area contributed by atoms with Gasteiger partial charge in [-0.2, -0.15) is 0 Å². The largest absolute Gasteiger partial charge is 0.466 e. The number of aliphatic hydroxyl groups is 1. The molecule has 1 N–H and O–H groups in total. The number of aliphatic hydroxyl groups excluding tert-OH is 1. The van der Waals surface area contributed by atoms with E-state index in [9.17, 15) is 9.90 Å². The molecule has 3 aliphatic rings. The fourth-order valence-corrected chi connectivity index (χ4v) is 3.51. The predicted molar refractivity (Wildman–Crippen MR) is 58.6 cm³/mol. The average molecular weight is 220 g/mol. The first-order valence-corrected chi connectivity index (χ1v) is 5.88. The fraction of sp³-hybridized carbons (Fsp3) is 0.615. The minimum Gasteiger partial charge on any atom is -0.466 e. The number of allylic oxidation sites excluding steroid dienone is 2. The third-order valence-electron chi connectivity index (χ3n) is 4.28. The van der Waals surface area contributed by atoms with Crippen molar-refractivity contribution in [3.8, 4) is 0 Å². The number of hydrogen-bond acceptors (Lipinski definition) is 3. The molecule has 3 atom stereocenters. The SMILES string of the molecule is COC(=O)C1=CCC2=C(C1)[C@@H]1C[C@H]2[C@@H](O)C1. The molecule has 0 aromatic carbocycles. The van der Waals surface area contributed by atoms with Crippen LogP contribution < -0.4 is 0 Å². The third kappa shape index (κ3) is 1.27. The van der Waals surface area contributed by atoms with Crippen LogP contribution in [0.15, 0.2) is 22.8 Å². The third-order valence-corrected chi connectivity index (χ3v) is 4.28. The number of carbonyl (C=O) groups is 1.